The zero-order valence-electron chi connectivity index (χ0n) is 7.97. The summed E-state index contributed by atoms with van der Waals surface area (Å²) in [5.41, 5.74) is -0.650. The summed E-state index contributed by atoms with van der Waals surface area (Å²) >= 11 is 0. The highest BCUT2D eigenvalue weighted by molar-refractivity contribution is 4.75. The minimum absolute atomic E-state index is 0.308. The predicted octanol–water partition coefficient (Wildman–Crippen LogP) is 0.526. The normalized spacial score (nSPS) is 28.8. The maximum Gasteiger partial charge on any atom is 0.0849 e. The van der Waals surface area contributed by atoms with E-state index in [9.17, 15) is 5.11 Å². The Morgan fingerprint density at radius 1 is 1.67 bits per heavy atom. The zero-order valence-corrected chi connectivity index (χ0v) is 7.97. The standard InChI is InChI=1S/C9H19NO2/c1-3-9(2,11)7-12-8-4-5-10-6-8/h8,10-11H,3-7H2,1-2H3. The molecule has 0 bridgehead atoms. The Labute approximate surface area is 74.1 Å². The first-order valence-electron chi connectivity index (χ1n) is 4.69. The summed E-state index contributed by atoms with van der Waals surface area (Å²) in [6.07, 6.45) is 2.12. The quantitative estimate of drug-likeness (QED) is 0.651. The van der Waals surface area contributed by atoms with Crippen LogP contribution in [-0.4, -0.2) is 36.5 Å². The third kappa shape index (κ3) is 3.09. The fraction of sp³-hybridized carbons (Fsp3) is 1.00. The Balaban J connectivity index is 2.15. The van der Waals surface area contributed by atoms with E-state index in [0.29, 0.717) is 12.7 Å². The average Bonchev–Trinajstić information content (AvgIpc) is 2.53. The minimum Gasteiger partial charge on any atom is -0.388 e. The van der Waals surface area contributed by atoms with E-state index >= 15 is 0 Å². The van der Waals surface area contributed by atoms with Crippen molar-refractivity contribution in [2.45, 2.75) is 38.4 Å². The lowest BCUT2D eigenvalue weighted by molar-refractivity contribution is -0.0591. The lowest BCUT2D eigenvalue weighted by Gasteiger charge is -2.23. The minimum atomic E-state index is -0.650. The van der Waals surface area contributed by atoms with E-state index in [1.165, 1.54) is 0 Å². The van der Waals surface area contributed by atoms with Gasteiger partial charge in [-0.2, -0.15) is 0 Å². The van der Waals surface area contributed by atoms with Gasteiger partial charge in [-0.3, -0.25) is 0 Å². The van der Waals surface area contributed by atoms with Gasteiger partial charge in [0, 0.05) is 6.54 Å². The maximum atomic E-state index is 9.64. The molecule has 0 aliphatic carbocycles. The highest BCUT2D eigenvalue weighted by Crippen LogP contribution is 2.12. The lowest BCUT2D eigenvalue weighted by Crippen LogP contribution is -2.32. The van der Waals surface area contributed by atoms with Crippen LogP contribution in [0.5, 0.6) is 0 Å². The average molecular weight is 173 g/mol. The van der Waals surface area contributed by atoms with Gasteiger partial charge in [0.05, 0.1) is 18.3 Å². The zero-order chi connectivity index (χ0) is 9.03. The summed E-state index contributed by atoms with van der Waals surface area (Å²) in [6, 6.07) is 0. The highest BCUT2D eigenvalue weighted by Gasteiger charge is 2.22. The lowest BCUT2D eigenvalue weighted by atomic mass is 10.1. The van der Waals surface area contributed by atoms with Gasteiger partial charge < -0.3 is 15.2 Å². The van der Waals surface area contributed by atoms with E-state index in [0.717, 1.165) is 25.9 Å². The molecule has 1 fully saturated rings. The van der Waals surface area contributed by atoms with Crippen molar-refractivity contribution in [1.29, 1.82) is 0 Å². The van der Waals surface area contributed by atoms with Crippen molar-refractivity contribution in [3.05, 3.63) is 0 Å². The van der Waals surface area contributed by atoms with Crippen molar-refractivity contribution < 1.29 is 9.84 Å². The second-order valence-corrected chi connectivity index (χ2v) is 3.78. The first-order valence-corrected chi connectivity index (χ1v) is 4.69. The van der Waals surface area contributed by atoms with Crippen LogP contribution in [0.4, 0.5) is 0 Å². The van der Waals surface area contributed by atoms with Crippen LogP contribution in [0.2, 0.25) is 0 Å². The molecule has 12 heavy (non-hydrogen) atoms. The molecule has 0 radical (unpaired) electrons. The van der Waals surface area contributed by atoms with Crippen LogP contribution < -0.4 is 5.32 Å². The fourth-order valence-electron chi connectivity index (χ4n) is 1.17. The first kappa shape index (κ1) is 9.96. The van der Waals surface area contributed by atoms with E-state index < -0.39 is 5.60 Å². The highest BCUT2D eigenvalue weighted by atomic mass is 16.5. The van der Waals surface area contributed by atoms with Crippen LogP contribution in [-0.2, 0) is 4.74 Å². The van der Waals surface area contributed by atoms with Crippen LogP contribution in [0.1, 0.15) is 26.7 Å². The topological polar surface area (TPSA) is 41.5 Å². The van der Waals surface area contributed by atoms with Gasteiger partial charge in [-0.1, -0.05) is 6.92 Å². The van der Waals surface area contributed by atoms with E-state index in [-0.39, 0.29) is 0 Å². The molecule has 0 aromatic carbocycles. The van der Waals surface area contributed by atoms with Crippen molar-refractivity contribution in [3.8, 4) is 0 Å². The molecule has 1 heterocycles. The van der Waals surface area contributed by atoms with Crippen molar-refractivity contribution in [2.75, 3.05) is 19.7 Å². The molecular formula is C9H19NO2. The largest absolute Gasteiger partial charge is 0.388 e. The number of nitrogens with one attached hydrogen (secondary N) is 1. The maximum absolute atomic E-state index is 9.64. The Kier molecular flexibility index (Phi) is 3.50. The van der Waals surface area contributed by atoms with Crippen molar-refractivity contribution in [2.24, 2.45) is 0 Å². The third-order valence-electron chi connectivity index (χ3n) is 2.41. The van der Waals surface area contributed by atoms with E-state index in [2.05, 4.69) is 5.32 Å². The second kappa shape index (κ2) is 4.21. The monoisotopic (exact) mass is 173 g/mol. The van der Waals surface area contributed by atoms with Crippen LogP contribution in [0.3, 0.4) is 0 Å². The summed E-state index contributed by atoms with van der Waals surface area (Å²) in [4.78, 5) is 0. The molecule has 72 valence electrons. The van der Waals surface area contributed by atoms with E-state index in [4.69, 9.17) is 4.74 Å². The molecule has 3 nitrogen and oxygen atoms in total. The van der Waals surface area contributed by atoms with Gasteiger partial charge >= 0.3 is 0 Å². The van der Waals surface area contributed by atoms with Crippen LogP contribution >= 0.6 is 0 Å². The van der Waals surface area contributed by atoms with E-state index in [1.54, 1.807) is 0 Å². The smallest absolute Gasteiger partial charge is 0.0849 e. The molecule has 1 aliphatic heterocycles. The number of ether oxygens (including phenoxy) is 1. The number of hydrogen-bond donors (Lipinski definition) is 2. The van der Waals surface area contributed by atoms with Gasteiger partial charge in [-0.15, -0.1) is 0 Å². The number of hydrogen-bond acceptors (Lipinski definition) is 3. The summed E-state index contributed by atoms with van der Waals surface area (Å²) in [7, 11) is 0. The Hall–Kier alpha value is -0.120. The van der Waals surface area contributed by atoms with Crippen LogP contribution in [0.15, 0.2) is 0 Å². The molecule has 2 unspecified atom stereocenters. The molecule has 2 N–H and O–H groups in total. The van der Waals surface area contributed by atoms with Gasteiger partial charge in [-0.05, 0) is 26.3 Å². The Morgan fingerprint density at radius 2 is 2.42 bits per heavy atom. The second-order valence-electron chi connectivity index (χ2n) is 3.78. The number of aliphatic hydroxyl groups is 1. The molecule has 0 aromatic rings. The fourth-order valence-corrected chi connectivity index (χ4v) is 1.17. The van der Waals surface area contributed by atoms with Crippen LogP contribution in [0.25, 0.3) is 0 Å². The molecule has 3 heteroatoms. The van der Waals surface area contributed by atoms with Gasteiger partial charge in [0.2, 0.25) is 0 Å². The van der Waals surface area contributed by atoms with E-state index in [1.807, 2.05) is 13.8 Å². The summed E-state index contributed by atoms with van der Waals surface area (Å²) in [5.74, 6) is 0. The molecule has 0 saturated carbocycles. The molecular weight excluding hydrogens is 154 g/mol. The van der Waals surface area contributed by atoms with Crippen molar-refractivity contribution >= 4 is 0 Å². The number of rotatable bonds is 4. The molecule has 0 spiro atoms. The Bertz CT molecular complexity index is 130. The summed E-state index contributed by atoms with van der Waals surface area (Å²) < 4.78 is 5.55. The van der Waals surface area contributed by atoms with Gasteiger partial charge in [0.1, 0.15) is 0 Å². The van der Waals surface area contributed by atoms with Crippen molar-refractivity contribution in [3.63, 3.8) is 0 Å². The molecule has 1 saturated heterocycles. The Morgan fingerprint density at radius 3 is 2.92 bits per heavy atom. The molecule has 0 aromatic heterocycles. The van der Waals surface area contributed by atoms with Crippen molar-refractivity contribution in [1.82, 2.24) is 5.32 Å². The van der Waals surface area contributed by atoms with Gasteiger partial charge in [-0.25, -0.2) is 0 Å². The third-order valence-corrected chi connectivity index (χ3v) is 2.41. The van der Waals surface area contributed by atoms with Gasteiger partial charge in [0.15, 0.2) is 0 Å². The SMILES string of the molecule is CCC(C)(O)COC1CCNC1. The first-order chi connectivity index (χ1) is 5.64. The summed E-state index contributed by atoms with van der Waals surface area (Å²) in [5, 5.41) is 12.9. The van der Waals surface area contributed by atoms with Crippen LogP contribution in [0, 0.1) is 0 Å². The molecule has 0 amide bonds. The summed E-state index contributed by atoms with van der Waals surface area (Å²) in [6.45, 7) is 6.21. The molecule has 2 atom stereocenters. The predicted molar refractivity (Wildman–Crippen MR) is 48.1 cm³/mol. The van der Waals surface area contributed by atoms with Gasteiger partial charge in [0.25, 0.3) is 0 Å². The molecule has 1 rings (SSSR count). The molecule has 1 aliphatic rings.